The van der Waals surface area contributed by atoms with Crippen LogP contribution in [0.3, 0.4) is 0 Å². The molecule has 8 heteroatoms. The van der Waals surface area contributed by atoms with Crippen LogP contribution in [0.25, 0.3) is 0 Å². The van der Waals surface area contributed by atoms with Gasteiger partial charge in [-0.15, -0.1) is 0 Å². The summed E-state index contributed by atoms with van der Waals surface area (Å²) >= 11 is 0. The fourth-order valence-electron chi connectivity index (χ4n) is 2.74. The number of carbonyl (C=O) groups is 1. The standard InChI is InChI=1S/C18H22FN5O2/c1-2-26-18(25)24-9-7-23(8-10-24)17-11-16(21-13-22-17)20-12-14-3-5-15(19)6-4-14/h3-6,11,13H,2,7-10,12H2,1H3,(H,20,21,22). The lowest BCUT2D eigenvalue weighted by molar-refractivity contribution is 0.105. The van der Waals surface area contributed by atoms with E-state index in [2.05, 4.69) is 20.2 Å². The first-order valence-corrected chi connectivity index (χ1v) is 8.62. The number of rotatable bonds is 5. The van der Waals surface area contributed by atoms with Crippen LogP contribution in [-0.2, 0) is 11.3 Å². The van der Waals surface area contributed by atoms with E-state index in [0.717, 1.165) is 11.4 Å². The van der Waals surface area contributed by atoms with E-state index in [1.54, 1.807) is 24.0 Å². The van der Waals surface area contributed by atoms with Crippen LogP contribution in [0.2, 0.25) is 0 Å². The quantitative estimate of drug-likeness (QED) is 0.885. The van der Waals surface area contributed by atoms with Gasteiger partial charge in [-0.1, -0.05) is 12.1 Å². The lowest BCUT2D eigenvalue weighted by atomic mass is 10.2. The fraction of sp³-hybridized carbons (Fsp3) is 0.389. The van der Waals surface area contributed by atoms with E-state index < -0.39 is 0 Å². The highest BCUT2D eigenvalue weighted by Crippen LogP contribution is 2.17. The summed E-state index contributed by atoms with van der Waals surface area (Å²) in [6, 6.07) is 8.22. The number of hydrogen-bond acceptors (Lipinski definition) is 6. The van der Waals surface area contributed by atoms with Crippen molar-refractivity contribution in [1.29, 1.82) is 0 Å². The molecule has 138 valence electrons. The highest BCUT2D eigenvalue weighted by atomic mass is 19.1. The molecule has 0 spiro atoms. The minimum Gasteiger partial charge on any atom is -0.450 e. The number of nitrogens with one attached hydrogen (secondary N) is 1. The average molecular weight is 359 g/mol. The molecule has 0 aliphatic carbocycles. The van der Waals surface area contributed by atoms with E-state index in [9.17, 15) is 9.18 Å². The number of amides is 1. The fourth-order valence-corrected chi connectivity index (χ4v) is 2.74. The Bertz CT molecular complexity index is 733. The normalized spacial score (nSPS) is 14.2. The van der Waals surface area contributed by atoms with Crippen LogP contribution in [0.5, 0.6) is 0 Å². The van der Waals surface area contributed by atoms with Crippen LogP contribution in [0.15, 0.2) is 36.7 Å². The van der Waals surface area contributed by atoms with Crippen molar-refractivity contribution >= 4 is 17.7 Å². The van der Waals surface area contributed by atoms with Crippen LogP contribution >= 0.6 is 0 Å². The third-order valence-electron chi connectivity index (χ3n) is 4.17. The maximum Gasteiger partial charge on any atom is 0.409 e. The van der Waals surface area contributed by atoms with Crippen LogP contribution in [0.1, 0.15) is 12.5 Å². The zero-order chi connectivity index (χ0) is 18.4. The largest absolute Gasteiger partial charge is 0.450 e. The SMILES string of the molecule is CCOC(=O)N1CCN(c2cc(NCc3ccc(F)cc3)ncn2)CC1. The van der Waals surface area contributed by atoms with E-state index in [1.807, 2.05) is 6.07 Å². The van der Waals surface area contributed by atoms with Gasteiger partial charge < -0.3 is 19.9 Å². The predicted molar refractivity (Wildman–Crippen MR) is 96.6 cm³/mol. The molecule has 1 aliphatic heterocycles. The summed E-state index contributed by atoms with van der Waals surface area (Å²) in [7, 11) is 0. The minimum atomic E-state index is -0.267. The van der Waals surface area contributed by atoms with Gasteiger partial charge in [0.05, 0.1) is 6.61 Å². The lowest BCUT2D eigenvalue weighted by Crippen LogP contribution is -2.49. The summed E-state index contributed by atoms with van der Waals surface area (Å²) in [5, 5.41) is 3.22. The summed E-state index contributed by atoms with van der Waals surface area (Å²) in [4.78, 5) is 24.1. The first-order chi connectivity index (χ1) is 12.7. The molecule has 2 aromatic rings. The maximum atomic E-state index is 13.0. The Hall–Kier alpha value is -2.90. The number of ether oxygens (including phenoxy) is 1. The molecule has 0 unspecified atom stereocenters. The number of aromatic nitrogens is 2. The third kappa shape index (κ3) is 4.59. The maximum absolute atomic E-state index is 13.0. The van der Waals surface area contributed by atoms with Crippen LogP contribution in [0.4, 0.5) is 20.8 Å². The molecule has 2 heterocycles. The molecule has 0 saturated carbocycles. The van der Waals surface area contributed by atoms with Gasteiger partial charge in [0.1, 0.15) is 23.8 Å². The molecular weight excluding hydrogens is 337 g/mol. The van der Waals surface area contributed by atoms with E-state index in [-0.39, 0.29) is 11.9 Å². The van der Waals surface area contributed by atoms with E-state index >= 15 is 0 Å². The summed E-state index contributed by atoms with van der Waals surface area (Å²) < 4.78 is 18.0. The van der Waals surface area contributed by atoms with Crippen molar-refractivity contribution in [2.45, 2.75) is 13.5 Å². The molecule has 1 aromatic heterocycles. The Kier molecular flexibility index (Phi) is 5.83. The van der Waals surface area contributed by atoms with Crippen molar-refractivity contribution in [3.63, 3.8) is 0 Å². The molecule has 1 fully saturated rings. The first-order valence-electron chi connectivity index (χ1n) is 8.62. The summed E-state index contributed by atoms with van der Waals surface area (Å²) in [6.45, 7) is 5.31. The van der Waals surface area contributed by atoms with Gasteiger partial charge in [-0.25, -0.2) is 19.2 Å². The van der Waals surface area contributed by atoms with Crippen molar-refractivity contribution in [1.82, 2.24) is 14.9 Å². The first kappa shape index (κ1) is 17.9. The Morgan fingerprint density at radius 1 is 1.19 bits per heavy atom. The van der Waals surface area contributed by atoms with Gasteiger partial charge in [-0.2, -0.15) is 0 Å². The molecule has 0 atom stereocenters. The van der Waals surface area contributed by atoms with Gasteiger partial charge >= 0.3 is 6.09 Å². The molecule has 1 N–H and O–H groups in total. The van der Waals surface area contributed by atoms with Crippen molar-refractivity contribution in [2.75, 3.05) is 43.0 Å². The smallest absolute Gasteiger partial charge is 0.409 e. The van der Waals surface area contributed by atoms with Crippen LogP contribution in [0, 0.1) is 5.82 Å². The van der Waals surface area contributed by atoms with Gasteiger partial charge in [-0.05, 0) is 24.6 Å². The van der Waals surface area contributed by atoms with Gasteiger partial charge in [0.2, 0.25) is 0 Å². The number of piperazine rings is 1. The van der Waals surface area contributed by atoms with Crippen molar-refractivity contribution in [3.05, 3.63) is 48.0 Å². The van der Waals surface area contributed by atoms with Gasteiger partial charge in [-0.3, -0.25) is 0 Å². The molecular formula is C18H22FN5O2. The number of carbonyl (C=O) groups excluding carboxylic acids is 1. The molecule has 1 saturated heterocycles. The van der Waals surface area contributed by atoms with Gasteiger partial charge in [0.15, 0.2) is 0 Å². The lowest BCUT2D eigenvalue weighted by Gasteiger charge is -2.34. The summed E-state index contributed by atoms with van der Waals surface area (Å²) in [6.07, 6.45) is 1.25. The second-order valence-corrected chi connectivity index (χ2v) is 5.91. The second-order valence-electron chi connectivity index (χ2n) is 5.91. The topological polar surface area (TPSA) is 70.6 Å². The van der Waals surface area contributed by atoms with Gasteiger partial charge in [0.25, 0.3) is 0 Å². The summed E-state index contributed by atoms with van der Waals surface area (Å²) in [5.74, 6) is 1.26. The molecule has 1 aromatic carbocycles. The summed E-state index contributed by atoms with van der Waals surface area (Å²) in [5.41, 5.74) is 0.967. The number of hydrogen-bond donors (Lipinski definition) is 1. The highest BCUT2D eigenvalue weighted by Gasteiger charge is 2.22. The molecule has 0 bridgehead atoms. The number of halogens is 1. The number of anilines is 2. The number of nitrogens with zero attached hydrogens (tertiary/aromatic N) is 4. The van der Waals surface area contributed by atoms with E-state index in [1.165, 1.54) is 18.5 Å². The predicted octanol–water partition coefficient (Wildman–Crippen LogP) is 2.51. The van der Waals surface area contributed by atoms with Crippen LogP contribution in [-0.4, -0.2) is 53.7 Å². The van der Waals surface area contributed by atoms with Crippen molar-refractivity contribution in [3.8, 4) is 0 Å². The van der Waals surface area contributed by atoms with E-state index in [4.69, 9.17) is 4.74 Å². The number of benzene rings is 1. The average Bonchev–Trinajstić information content (AvgIpc) is 2.68. The molecule has 0 radical (unpaired) electrons. The Morgan fingerprint density at radius 2 is 1.92 bits per heavy atom. The second kappa shape index (κ2) is 8.46. The Balaban J connectivity index is 1.56. The zero-order valence-electron chi connectivity index (χ0n) is 14.7. The van der Waals surface area contributed by atoms with Gasteiger partial charge in [0, 0.05) is 38.8 Å². The molecule has 3 rings (SSSR count). The molecule has 1 aliphatic rings. The zero-order valence-corrected chi connectivity index (χ0v) is 14.7. The molecule has 26 heavy (non-hydrogen) atoms. The van der Waals surface area contributed by atoms with E-state index in [0.29, 0.717) is 45.1 Å². The van der Waals surface area contributed by atoms with Crippen molar-refractivity contribution < 1.29 is 13.9 Å². The molecule has 7 nitrogen and oxygen atoms in total. The van der Waals surface area contributed by atoms with Crippen LogP contribution < -0.4 is 10.2 Å². The highest BCUT2D eigenvalue weighted by molar-refractivity contribution is 5.68. The Labute approximate surface area is 151 Å². The minimum absolute atomic E-state index is 0.250. The van der Waals surface area contributed by atoms with Crippen molar-refractivity contribution in [2.24, 2.45) is 0 Å². The monoisotopic (exact) mass is 359 g/mol. The molecule has 1 amide bonds. The Morgan fingerprint density at radius 3 is 2.62 bits per heavy atom. The third-order valence-corrected chi connectivity index (χ3v) is 4.17.